The van der Waals surface area contributed by atoms with Crippen LogP contribution in [-0.2, 0) is 0 Å². The molecule has 19 heavy (non-hydrogen) atoms. The van der Waals surface area contributed by atoms with E-state index in [1.807, 2.05) is 0 Å². The van der Waals surface area contributed by atoms with E-state index >= 15 is 0 Å². The Morgan fingerprint density at radius 2 is 2.26 bits per heavy atom. The molecule has 0 fully saturated rings. The average molecular weight is 290 g/mol. The molecule has 0 unspecified atom stereocenters. The number of hydrogen-bond donors (Lipinski definition) is 1. The Morgan fingerprint density at radius 3 is 3.05 bits per heavy atom. The number of amides is 1. The molecule has 96 valence electrons. The van der Waals surface area contributed by atoms with Crippen molar-refractivity contribution in [3.05, 3.63) is 40.9 Å². The number of aromatic nitrogens is 1. The Balaban J connectivity index is 1.95. The molecule has 4 nitrogen and oxygen atoms in total. The largest absolute Gasteiger partial charge is 0.298 e. The number of ketones is 1. The highest BCUT2D eigenvalue weighted by Gasteiger charge is 2.23. The van der Waals surface area contributed by atoms with Gasteiger partial charge in [0.15, 0.2) is 10.9 Å². The number of benzene rings is 1. The van der Waals surface area contributed by atoms with Crippen molar-refractivity contribution in [2.24, 2.45) is 0 Å². The molecular weight excluding hydrogens is 280 g/mol. The van der Waals surface area contributed by atoms with E-state index in [2.05, 4.69) is 10.3 Å². The third-order valence-electron chi connectivity index (χ3n) is 2.79. The van der Waals surface area contributed by atoms with Gasteiger partial charge in [-0.15, -0.1) is 23.1 Å². The molecule has 1 amide bonds. The van der Waals surface area contributed by atoms with Crippen molar-refractivity contribution in [3.63, 3.8) is 0 Å². The molecule has 6 heteroatoms. The Bertz CT molecular complexity index is 638. The van der Waals surface area contributed by atoms with Gasteiger partial charge in [-0.2, -0.15) is 0 Å². The Kier molecular flexibility index (Phi) is 3.35. The predicted molar refractivity (Wildman–Crippen MR) is 76.2 cm³/mol. The van der Waals surface area contributed by atoms with Gasteiger partial charge in [-0.05, 0) is 6.07 Å². The molecule has 0 bridgehead atoms. The van der Waals surface area contributed by atoms with Crippen LogP contribution in [0.4, 0.5) is 5.13 Å². The number of carbonyl (C=O) groups is 2. The highest BCUT2D eigenvalue weighted by atomic mass is 32.2. The van der Waals surface area contributed by atoms with Crippen molar-refractivity contribution in [1.82, 2.24) is 4.98 Å². The van der Waals surface area contributed by atoms with Gasteiger partial charge >= 0.3 is 0 Å². The Morgan fingerprint density at radius 1 is 1.37 bits per heavy atom. The molecule has 2 heterocycles. The lowest BCUT2D eigenvalue weighted by Crippen LogP contribution is -2.17. The maximum atomic E-state index is 12.2. The summed E-state index contributed by atoms with van der Waals surface area (Å²) in [6, 6.07) is 5.27. The third kappa shape index (κ3) is 2.41. The number of nitrogens with zero attached hydrogens (tertiary/aromatic N) is 1. The van der Waals surface area contributed by atoms with Crippen molar-refractivity contribution in [2.75, 3.05) is 11.1 Å². The second-order valence-electron chi connectivity index (χ2n) is 4.00. The molecule has 1 aliphatic rings. The summed E-state index contributed by atoms with van der Waals surface area (Å²) in [5.74, 6) is 0.625. The highest BCUT2D eigenvalue weighted by Crippen LogP contribution is 2.33. The van der Waals surface area contributed by atoms with Gasteiger partial charge in [0.25, 0.3) is 5.91 Å². The number of rotatable bonds is 2. The quantitative estimate of drug-likeness (QED) is 0.923. The van der Waals surface area contributed by atoms with Crippen molar-refractivity contribution in [3.8, 4) is 0 Å². The minimum atomic E-state index is -0.214. The molecule has 1 N–H and O–H groups in total. The van der Waals surface area contributed by atoms with E-state index in [1.54, 1.807) is 41.5 Å². The summed E-state index contributed by atoms with van der Waals surface area (Å²) in [5.41, 5.74) is 1.20. The summed E-state index contributed by atoms with van der Waals surface area (Å²) in [6.07, 6.45) is 2.17. The maximum absolute atomic E-state index is 12.2. The number of hydrogen-bond acceptors (Lipinski definition) is 5. The molecule has 0 radical (unpaired) electrons. The second kappa shape index (κ2) is 5.14. The molecule has 2 aromatic rings. The minimum Gasteiger partial charge on any atom is -0.298 e. The summed E-state index contributed by atoms with van der Waals surface area (Å²) in [7, 11) is 0. The minimum absolute atomic E-state index is 0.109. The van der Waals surface area contributed by atoms with E-state index in [0.29, 0.717) is 22.7 Å². The Hall–Kier alpha value is -1.66. The first-order valence-corrected chi connectivity index (χ1v) is 7.62. The molecule has 1 aromatic heterocycles. The van der Waals surface area contributed by atoms with Crippen molar-refractivity contribution in [2.45, 2.75) is 11.3 Å². The van der Waals surface area contributed by atoms with Gasteiger partial charge in [0.2, 0.25) is 0 Å². The van der Waals surface area contributed by atoms with Gasteiger partial charge in [0.1, 0.15) is 0 Å². The molecule has 0 saturated heterocycles. The lowest BCUT2D eigenvalue weighted by atomic mass is 10.0. The number of thioether (sulfide) groups is 1. The van der Waals surface area contributed by atoms with Crippen LogP contribution < -0.4 is 5.32 Å². The second-order valence-corrected chi connectivity index (χ2v) is 6.00. The van der Waals surface area contributed by atoms with Gasteiger partial charge in [0, 0.05) is 34.2 Å². The molecule has 1 aromatic carbocycles. The molecule has 0 saturated carbocycles. The topological polar surface area (TPSA) is 59.1 Å². The van der Waals surface area contributed by atoms with E-state index in [-0.39, 0.29) is 11.7 Å². The molecule has 0 aliphatic carbocycles. The number of nitrogens with one attached hydrogen (secondary N) is 1. The first-order valence-electron chi connectivity index (χ1n) is 5.75. The van der Waals surface area contributed by atoms with Crippen LogP contribution >= 0.6 is 23.1 Å². The van der Waals surface area contributed by atoms with Gasteiger partial charge in [-0.3, -0.25) is 14.9 Å². The zero-order chi connectivity index (χ0) is 13.2. The number of anilines is 1. The normalized spacial score (nSPS) is 14.0. The standard InChI is InChI=1S/C13H10N2O2S2/c16-10-4-6-18-11-8(10)2-1-3-9(11)12(17)15-13-14-5-7-19-13/h1-3,5,7H,4,6H2,(H,14,15,17). The van der Waals surface area contributed by atoms with Crippen LogP contribution in [0.15, 0.2) is 34.7 Å². The molecule has 0 atom stereocenters. The average Bonchev–Trinajstić information content (AvgIpc) is 2.91. The third-order valence-corrected chi connectivity index (χ3v) is 4.61. The van der Waals surface area contributed by atoms with Crippen molar-refractivity contribution >= 4 is 39.9 Å². The predicted octanol–water partition coefficient (Wildman–Crippen LogP) is 3.07. The molecular formula is C13H10N2O2S2. The van der Waals surface area contributed by atoms with Crippen LogP contribution in [0, 0.1) is 0 Å². The molecule has 1 aliphatic heterocycles. The summed E-state index contributed by atoms with van der Waals surface area (Å²) < 4.78 is 0. The van der Waals surface area contributed by atoms with Gasteiger partial charge in [-0.25, -0.2) is 4.98 Å². The first-order chi connectivity index (χ1) is 9.25. The van der Waals surface area contributed by atoms with Crippen LogP contribution in [0.1, 0.15) is 27.1 Å². The molecule has 0 spiro atoms. The Labute approximate surface area is 118 Å². The summed E-state index contributed by atoms with van der Waals surface area (Å²) in [6.45, 7) is 0. The van der Waals surface area contributed by atoms with E-state index in [1.165, 1.54) is 11.3 Å². The summed E-state index contributed by atoms with van der Waals surface area (Å²) in [5, 5.41) is 5.11. The van der Waals surface area contributed by atoms with Crippen LogP contribution in [0.3, 0.4) is 0 Å². The number of thiazole rings is 1. The lowest BCUT2D eigenvalue weighted by Gasteiger charge is -2.17. The van der Waals surface area contributed by atoms with E-state index in [0.717, 1.165) is 10.6 Å². The van der Waals surface area contributed by atoms with Gasteiger partial charge in [0.05, 0.1) is 5.56 Å². The van der Waals surface area contributed by atoms with E-state index < -0.39 is 0 Å². The van der Waals surface area contributed by atoms with Crippen LogP contribution in [0.2, 0.25) is 0 Å². The number of fused-ring (bicyclic) bond motifs is 1. The first kappa shape index (κ1) is 12.4. The fourth-order valence-electron chi connectivity index (χ4n) is 1.92. The van der Waals surface area contributed by atoms with Crippen molar-refractivity contribution in [1.29, 1.82) is 0 Å². The summed E-state index contributed by atoms with van der Waals surface area (Å²) >= 11 is 2.93. The summed E-state index contributed by atoms with van der Waals surface area (Å²) in [4.78, 5) is 28.9. The zero-order valence-electron chi connectivity index (χ0n) is 9.88. The van der Waals surface area contributed by atoms with Gasteiger partial charge < -0.3 is 0 Å². The maximum Gasteiger partial charge on any atom is 0.258 e. The van der Waals surface area contributed by atoms with E-state index in [9.17, 15) is 9.59 Å². The smallest absolute Gasteiger partial charge is 0.258 e. The fraction of sp³-hybridized carbons (Fsp3) is 0.154. The van der Waals surface area contributed by atoms with Gasteiger partial charge in [-0.1, -0.05) is 12.1 Å². The fourth-order valence-corrected chi connectivity index (χ4v) is 3.59. The lowest BCUT2D eigenvalue weighted by molar-refractivity contribution is 0.0984. The van der Waals surface area contributed by atoms with Crippen LogP contribution in [0.25, 0.3) is 0 Å². The van der Waals surface area contributed by atoms with Crippen LogP contribution in [-0.4, -0.2) is 22.4 Å². The SMILES string of the molecule is O=C1CCSc2c1cccc2C(=O)Nc1nccs1. The van der Waals surface area contributed by atoms with Crippen molar-refractivity contribution < 1.29 is 9.59 Å². The highest BCUT2D eigenvalue weighted by molar-refractivity contribution is 7.99. The van der Waals surface area contributed by atoms with E-state index in [4.69, 9.17) is 0 Å². The molecule has 3 rings (SSSR count). The monoisotopic (exact) mass is 290 g/mol. The number of carbonyl (C=O) groups excluding carboxylic acids is 2. The zero-order valence-corrected chi connectivity index (χ0v) is 11.5. The number of Topliss-reactive ketones (excluding diaryl/α,β-unsaturated/α-hetero) is 1. The van der Waals surface area contributed by atoms with Crippen LogP contribution in [0.5, 0.6) is 0 Å².